The maximum absolute atomic E-state index is 3.16. The Morgan fingerprint density at radius 1 is 1.20 bits per heavy atom. The molecule has 0 saturated carbocycles. The zero-order valence-corrected chi connectivity index (χ0v) is 7.01. The van der Waals surface area contributed by atoms with Gasteiger partial charge >= 0.3 is 66.8 Å². The number of hydrogen-bond donors (Lipinski definition) is 1. The van der Waals surface area contributed by atoms with Crippen molar-refractivity contribution in [2.24, 2.45) is 0 Å². The predicted molar refractivity (Wildman–Crippen MR) is 43.7 cm³/mol. The summed E-state index contributed by atoms with van der Waals surface area (Å²) in [7, 11) is 0. The molecule has 0 aliphatic rings. The van der Waals surface area contributed by atoms with E-state index in [1.807, 2.05) is 18.3 Å². The Balaban J connectivity index is 2.93. The molecule has 0 spiro atoms. The fourth-order valence-electron chi connectivity index (χ4n) is 1.04. The van der Waals surface area contributed by atoms with Gasteiger partial charge in [-0.15, -0.1) is 0 Å². The van der Waals surface area contributed by atoms with Gasteiger partial charge in [-0.25, -0.2) is 0 Å². The van der Waals surface area contributed by atoms with Crippen molar-refractivity contribution >= 4 is 31.4 Å². The zero-order valence-electron chi connectivity index (χ0n) is 5.29. The van der Waals surface area contributed by atoms with Crippen molar-refractivity contribution in [3.8, 4) is 0 Å². The van der Waals surface area contributed by atoms with Gasteiger partial charge in [0.1, 0.15) is 0 Å². The number of benzene rings is 1. The Morgan fingerprint density at radius 2 is 2.00 bits per heavy atom. The van der Waals surface area contributed by atoms with Gasteiger partial charge in [0.2, 0.25) is 0 Å². The Morgan fingerprint density at radius 3 is 2.80 bits per heavy atom. The van der Waals surface area contributed by atoms with Crippen LogP contribution < -0.4 is 4.46 Å². The van der Waals surface area contributed by atoms with Crippen molar-refractivity contribution in [1.82, 2.24) is 4.98 Å². The predicted octanol–water partition coefficient (Wildman–Crippen LogP) is 0.962. The van der Waals surface area contributed by atoms with Gasteiger partial charge in [-0.3, -0.25) is 0 Å². The van der Waals surface area contributed by atoms with Crippen LogP contribution in [0.3, 0.4) is 0 Å². The maximum atomic E-state index is 3.16. The third kappa shape index (κ3) is 0.772. The molecule has 1 aromatic carbocycles. The number of hydrogen-bond acceptors (Lipinski definition) is 0. The Bertz CT molecular complexity index is 351. The summed E-state index contributed by atoms with van der Waals surface area (Å²) in [6.07, 6.45) is 1.98. The van der Waals surface area contributed by atoms with Crippen molar-refractivity contribution in [3.05, 3.63) is 30.5 Å². The monoisotopic (exact) mass is 196 g/mol. The van der Waals surface area contributed by atoms with Crippen molar-refractivity contribution in [2.45, 2.75) is 0 Å². The molecule has 1 N–H and O–H groups in total. The standard InChI is InChI=1S/C8H6NSe/c10-8-5-9-7-4-2-1-3-6(7)8/h1-5,9H. The molecule has 1 radical (unpaired) electrons. The van der Waals surface area contributed by atoms with E-state index in [1.165, 1.54) is 15.4 Å². The summed E-state index contributed by atoms with van der Waals surface area (Å²) in [6, 6.07) is 8.23. The van der Waals surface area contributed by atoms with E-state index in [0.717, 1.165) is 0 Å². The van der Waals surface area contributed by atoms with Crippen LogP contribution in [0.25, 0.3) is 10.9 Å². The van der Waals surface area contributed by atoms with Crippen LogP contribution in [0.2, 0.25) is 0 Å². The first-order valence-electron chi connectivity index (χ1n) is 3.11. The molecular weight excluding hydrogens is 189 g/mol. The van der Waals surface area contributed by atoms with Crippen LogP contribution in [0.15, 0.2) is 30.5 Å². The van der Waals surface area contributed by atoms with Crippen molar-refractivity contribution in [2.75, 3.05) is 0 Å². The summed E-state index contributed by atoms with van der Waals surface area (Å²) in [5, 5.41) is 1.27. The van der Waals surface area contributed by atoms with Crippen LogP contribution in [-0.2, 0) is 0 Å². The van der Waals surface area contributed by atoms with E-state index in [2.05, 4.69) is 33.1 Å². The third-order valence-electron chi connectivity index (χ3n) is 1.55. The Hall–Kier alpha value is -0.721. The molecule has 0 saturated heterocycles. The van der Waals surface area contributed by atoms with Crippen molar-refractivity contribution in [3.63, 3.8) is 0 Å². The first kappa shape index (κ1) is 6.02. The second-order valence-electron chi connectivity index (χ2n) is 2.20. The molecule has 0 amide bonds. The van der Waals surface area contributed by atoms with E-state index in [4.69, 9.17) is 0 Å². The molecule has 2 aromatic rings. The fraction of sp³-hybridized carbons (Fsp3) is 0. The second-order valence-corrected chi connectivity index (χ2v) is 3.12. The van der Waals surface area contributed by atoms with E-state index in [-0.39, 0.29) is 0 Å². The Labute approximate surface area is 67.3 Å². The number of nitrogens with one attached hydrogen (secondary N) is 1. The quantitative estimate of drug-likeness (QED) is 0.602. The minimum absolute atomic E-state index is 1.19. The van der Waals surface area contributed by atoms with Gasteiger partial charge < -0.3 is 0 Å². The molecule has 0 atom stereocenters. The average molecular weight is 195 g/mol. The summed E-state index contributed by atoms with van der Waals surface area (Å²) in [6.45, 7) is 0. The molecule has 0 unspecified atom stereocenters. The van der Waals surface area contributed by atoms with E-state index in [9.17, 15) is 0 Å². The third-order valence-corrected chi connectivity index (χ3v) is 2.26. The zero-order chi connectivity index (χ0) is 6.97. The number of rotatable bonds is 0. The molecule has 0 fully saturated rings. The summed E-state index contributed by atoms with van der Waals surface area (Å²) < 4.78 is 1.19. The number of aromatic nitrogens is 1. The summed E-state index contributed by atoms with van der Waals surface area (Å²) in [4.78, 5) is 3.16. The minimum atomic E-state index is 1.19. The van der Waals surface area contributed by atoms with Gasteiger partial charge in [0.05, 0.1) is 0 Å². The summed E-state index contributed by atoms with van der Waals surface area (Å²) >= 11 is 2.99. The molecule has 0 aliphatic heterocycles. The topological polar surface area (TPSA) is 15.8 Å². The van der Waals surface area contributed by atoms with Crippen molar-refractivity contribution < 1.29 is 0 Å². The van der Waals surface area contributed by atoms with Gasteiger partial charge in [-0.05, 0) is 0 Å². The van der Waals surface area contributed by atoms with Crippen LogP contribution in [0.1, 0.15) is 0 Å². The van der Waals surface area contributed by atoms with E-state index < -0.39 is 0 Å². The number of para-hydroxylation sites is 1. The van der Waals surface area contributed by atoms with Gasteiger partial charge in [0, 0.05) is 0 Å². The second kappa shape index (κ2) is 2.15. The molecule has 2 heteroatoms. The van der Waals surface area contributed by atoms with Crippen molar-refractivity contribution in [1.29, 1.82) is 0 Å². The number of H-pyrrole nitrogens is 1. The molecule has 1 aromatic heterocycles. The van der Waals surface area contributed by atoms with Crippen LogP contribution in [-0.4, -0.2) is 21.0 Å². The number of aromatic amines is 1. The van der Waals surface area contributed by atoms with E-state index in [0.29, 0.717) is 0 Å². The summed E-state index contributed by atoms with van der Waals surface area (Å²) in [5.74, 6) is 0. The average Bonchev–Trinajstić information content (AvgIpc) is 2.34. The first-order chi connectivity index (χ1) is 4.88. The Kier molecular flexibility index (Phi) is 1.30. The molecule has 0 aliphatic carbocycles. The van der Waals surface area contributed by atoms with Crippen LogP contribution in [0.5, 0.6) is 0 Å². The molecule has 1 heterocycles. The SMILES string of the molecule is [Se]c1c[nH]c2ccccc12. The molecular formula is C8H6NSe. The van der Waals surface area contributed by atoms with Gasteiger partial charge in [-0.1, -0.05) is 0 Å². The van der Waals surface area contributed by atoms with Crippen LogP contribution in [0, 0.1) is 0 Å². The van der Waals surface area contributed by atoms with E-state index in [1.54, 1.807) is 0 Å². The molecule has 49 valence electrons. The molecule has 1 nitrogen and oxygen atoms in total. The fourth-order valence-corrected chi connectivity index (χ4v) is 1.54. The van der Waals surface area contributed by atoms with Crippen LogP contribution in [0.4, 0.5) is 0 Å². The van der Waals surface area contributed by atoms with E-state index >= 15 is 0 Å². The number of fused-ring (bicyclic) bond motifs is 1. The molecule has 2 rings (SSSR count). The first-order valence-corrected chi connectivity index (χ1v) is 3.97. The molecule has 0 bridgehead atoms. The van der Waals surface area contributed by atoms with Crippen LogP contribution >= 0.6 is 0 Å². The molecule has 10 heavy (non-hydrogen) atoms. The normalized spacial score (nSPS) is 10.4. The van der Waals surface area contributed by atoms with Gasteiger partial charge in [0.15, 0.2) is 0 Å². The summed E-state index contributed by atoms with van der Waals surface area (Å²) in [5.41, 5.74) is 1.19. The van der Waals surface area contributed by atoms with Gasteiger partial charge in [-0.2, -0.15) is 0 Å². The van der Waals surface area contributed by atoms with Gasteiger partial charge in [0.25, 0.3) is 0 Å².